The van der Waals surface area contributed by atoms with Crippen LogP contribution in [0.25, 0.3) is 22.3 Å². The highest BCUT2D eigenvalue weighted by Crippen LogP contribution is 2.37. The van der Waals surface area contributed by atoms with Crippen molar-refractivity contribution in [2.24, 2.45) is 0 Å². The molecule has 0 aliphatic heterocycles. The second-order valence-corrected chi connectivity index (χ2v) is 6.27. The highest BCUT2D eigenvalue weighted by atomic mass is 19.4. The Bertz CT molecular complexity index is 1190. The Morgan fingerprint density at radius 3 is 2.72 bits per heavy atom. The molecule has 0 amide bonds. The number of rotatable bonds is 4. The topological polar surface area (TPSA) is 92.3 Å². The van der Waals surface area contributed by atoms with Crippen molar-refractivity contribution >= 4 is 17.0 Å². The molecule has 2 N–H and O–H groups in total. The normalized spacial score (nSPS) is 11.8. The first-order valence-corrected chi connectivity index (χ1v) is 8.42. The van der Waals surface area contributed by atoms with Gasteiger partial charge in [-0.3, -0.25) is 5.10 Å². The molecule has 3 heterocycles. The van der Waals surface area contributed by atoms with Crippen LogP contribution in [-0.4, -0.2) is 30.4 Å². The summed E-state index contributed by atoms with van der Waals surface area (Å²) in [7, 11) is 0. The molecule has 0 saturated heterocycles. The molecular weight excluding hydrogens is 390 g/mol. The van der Waals surface area contributed by atoms with Gasteiger partial charge in [-0.1, -0.05) is 17.7 Å². The molecule has 148 valence electrons. The van der Waals surface area contributed by atoms with E-state index in [1.807, 2.05) is 0 Å². The van der Waals surface area contributed by atoms with E-state index >= 15 is 0 Å². The number of pyridine rings is 1. The molecule has 0 bridgehead atoms. The second-order valence-electron chi connectivity index (χ2n) is 6.27. The van der Waals surface area contributed by atoms with Crippen LogP contribution in [0.15, 0.2) is 36.5 Å². The highest BCUT2D eigenvalue weighted by molar-refractivity contribution is 5.77. The standard InChI is InChI=1S/C18H13F4N7/c1-9-2-3-10(12(6-9)18(20,21)22)13-8-24-29-17(25-13)23-7-14-11-4-5-15(19)26-16(11)28-27-14/h2-6,8H,7H2,1H3,(H,23,25,29)(H,26,27,28). The van der Waals surface area contributed by atoms with Crippen LogP contribution >= 0.6 is 0 Å². The minimum atomic E-state index is -4.53. The number of nitrogens with one attached hydrogen (secondary N) is 2. The summed E-state index contributed by atoms with van der Waals surface area (Å²) in [5.74, 6) is -0.615. The first-order valence-electron chi connectivity index (χ1n) is 8.42. The van der Waals surface area contributed by atoms with Crippen LogP contribution in [0.1, 0.15) is 16.8 Å². The number of nitrogens with zero attached hydrogens (tertiary/aromatic N) is 5. The molecule has 0 radical (unpaired) electrons. The Morgan fingerprint density at radius 2 is 1.93 bits per heavy atom. The third kappa shape index (κ3) is 3.84. The van der Waals surface area contributed by atoms with E-state index in [0.717, 1.165) is 6.07 Å². The summed E-state index contributed by atoms with van der Waals surface area (Å²) in [5.41, 5.74) is 0.437. The number of hydrogen-bond donors (Lipinski definition) is 2. The summed E-state index contributed by atoms with van der Waals surface area (Å²) in [6.45, 7) is 1.74. The summed E-state index contributed by atoms with van der Waals surface area (Å²) >= 11 is 0. The van der Waals surface area contributed by atoms with Crippen LogP contribution in [0.5, 0.6) is 0 Å². The quantitative estimate of drug-likeness (QED) is 0.397. The van der Waals surface area contributed by atoms with E-state index in [9.17, 15) is 17.6 Å². The van der Waals surface area contributed by atoms with Crippen molar-refractivity contribution in [3.05, 3.63) is 59.3 Å². The van der Waals surface area contributed by atoms with Gasteiger partial charge in [0, 0.05) is 10.9 Å². The fraction of sp³-hybridized carbons (Fsp3) is 0.167. The molecule has 0 saturated carbocycles. The number of fused-ring (bicyclic) bond motifs is 1. The van der Waals surface area contributed by atoms with Crippen molar-refractivity contribution in [2.75, 3.05) is 5.32 Å². The SMILES string of the molecule is Cc1ccc(-c2cnnc(NCc3[nH]nc4nc(F)ccc34)n2)c(C(F)(F)F)c1. The molecule has 0 spiro atoms. The Hall–Kier alpha value is -3.63. The van der Waals surface area contributed by atoms with Gasteiger partial charge in [0.25, 0.3) is 0 Å². The third-order valence-electron chi connectivity index (χ3n) is 4.20. The number of aromatic nitrogens is 6. The van der Waals surface area contributed by atoms with Gasteiger partial charge in [-0.05, 0) is 25.1 Å². The van der Waals surface area contributed by atoms with Crippen LogP contribution in [0, 0.1) is 12.9 Å². The van der Waals surface area contributed by atoms with Crippen LogP contribution in [0.3, 0.4) is 0 Å². The number of halogens is 4. The zero-order chi connectivity index (χ0) is 20.6. The summed E-state index contributed by atoms with van der Waals surface area (Å²) in [6.07, 6.45) is -3.36. The molecule has 4 aromatic rings. The number of benzene rings is 1. The van der Waals surface area contributed by atoms with Crippen LogP contribution in [0.2, 0.25) is 0 Å². The maximum absolute atomic E-state index is 13.4. The molecule has 7 nitrogen and oxygen atoms in total. The number of alkyl halides is 3. The average molecular weight is 403 g/mol. The summed E-state index contributed by atoms with van der Waals surface area (Å²) in [6, 6.07) is 6.72. The van der Waals surface area contributed by atoms with Crippen LogP contribution < -0.4 is 5.32 Å². The Morgan fingerprint density at radius 1 is 1.10 bits per heavy atom. The van der Waals surface area contributed by atoms with Gasteiger partial charge in [-0.2, -0.15) is 32.7 Å². The molecule has 0 fully saturated rings. The predicted octanol–water partition coefficient (Wildman–Crippen LogP) is 3.89. The van der Waals surface area contributed by atoms with Crippen LogP contribution in [-0.2, 0) is 12.7 Å². The molecule has 11 heteroatoms. The Kier molecular flexibility index (Phi) is 4.57. The van der Waals surface area contributed by atoms with E-state index in [-0.39, 0.29) is 29.4 Å². The minimum absolute atomic E-state index is 0.0352. The van der Waals surface area contributed by atoms with E-state index in [2.05, 4.69) is 35.7 Å². The molecule has 0 aliphatic rings. The lowest BCUT2D eigenvalue weighted by molar-refractivity contribution is -0.137. The third-order valence-corrected chi connectivity index (χ3v) is 4.20. The molecule has 3 aromatic heterocycles. The Labute approximate surface area is 161 Å². The number of anilines is 1. The van der Waals surface area contributed by atoms with Crippen molar-refractivity contribution in [3.63, 3.8) is 0 Å². The lowest BCUT2D eigenvalue weighted by Gasteiger charge is -2.13. The first kappa shape index (κ1) is 18.7. The highest BCUT2D eigenvalue weighted by Gasteiger charge is 2.34. The van der Waals surface area contributed by atoms with E-state index in [1.54, 1.807) is 13.0 Å². The summed E-state index contributed by atoms with van der Waals surface area (Å²) in [5, 5.41) is 17.7. The van der Waals surface area contributed by atoms with E-state index < -0.39 is 17.7 Å². The van der Waals surface area contributed by atoms with Gasteiger partial charge in [-0.15, -0.1) is 5.10 Å². The molecular formula is C18H13F4N7. The summed E-state index contributed by atoms with van der Waals surface area (Å²) < 4.78 is 53.4. The van der Waals surface area contributed by atoms with Crippen molar-refractivity contribution in [1.82, 2.24) is 30.4 Å². The first-order chi connectivity index (χ1) is 13.8. The fourth-order valence-electron chi connectivity index (χ4n) is 2.85. The largest absolute Gasteiger partial charge is 0.417 e. The van der Waals surface area contributed by atoms with E-state index in [0.29, 0.717) is 16.6 Å². The van der Waals surface area contributed by atoms with Crippen molar-refractivity contribution < 1.29 is 17.6 Å². The number of H-pyrrole nitrogens is 1. The number of hydrogen-bond acceptors (Lipinski definition) is 6. The fourth-order valence-corrected chi connectivity index (χ4v) is 2.85. The van der Waals surface area contributed by atoms with E-state index in [1.165, 1.54) is 24.4 Å². The van der Waals surface area contributed by atoms with Gasteiger partial charge >= 0.3 is 6.18 Å². The molecule has 1 aromatic carbocycles. The molecule has 4 rings (SSSR count). The molecule has 0 aliphatic carbocycles. The maximum Gasteiger partial charge on any atom is 0.417 e. The van der Waals surface area contributed by atoms with Gasteiger partial charge in [0.05, 0.1) is 29.7 Å². The van der Waals surface area contributed by atoms with Gasteiger partial charge in [-0.25, -0.2) is 4.98 Å². The zero-order valence-electron chi connectivity index (χ0n) is 14.9. The molecule has 0 unspecified atom stereocenters. The zero-order valence-corrected chi connectivity index (χ0v) is 14.9. The van der Waals surface area contributed by atoms with E-state index in [4.69, 9.17) is 0 Å². The minimum Gasteiger partial charge on any atom is -0.347 e. The smallest absolute Gasteiger partial charge is 0.347 e. The summed E-state index contributed by atoms with van der Waals surface area (Å²) in [4.78, 5) is 7.80. The molecule has 29 heavy (non-hydrogen) atoms. The maximum atomic E-state index is 13.4. The Balaban J connectivity index is 1.61. The van der Waals surface area contributed by atoms with Gasteiger partial charge < -0.3 is 5.32 Å². The lowest BCUT2D eigenvalue weighted by atomic mass is 10.0. The average Bonchev–Trinajstić information content (AvgIpc) is 3.08. The van der Waals surface area contributed by atoms with Gasteiger partial charge in [0.15, 0.2) is 5.65 Å². The number of aryl methyl sites for hydroxylation is 1. The van der Waals surface area contributed by atoms with Crippen molar-refractivity contribution in [2.45, 2.75) is 19.6 Å². The number of aromatic amines is 1. The van der Waals surface area contributed by atoms with Crippen molar-refractivity contribution in [1.29, 1.82) is 0 Å². The monoisotopic (exact) mass is 403 g/mol. The lowest BCUT2D eigenvalue weighted by Crippen LogP contribution is -2.10. The van der Waals surface area contributed by atoms with Gasteiger partial charge in [0.1, 0.15) is 0 Å². The van der Waals surface area contributed by atoms with Crippen LogP contribution in [0.4, 0.5) is 23.5 Å². The van der Waals surface area contributed by atoms with Gasteiger partial charge in [0.2, 0.25) is 11.9 Å². The molecule has 0 atom stereocenters. The van der Waals surface area contributed by atoms with Crippen molar-refractivity contribution in [3.8, 4) is 11.3 Å². The second kappa shape index (κ2) is 7.08. The predicted molar refractivity (Wildman–Crippen MR) is 96.2 cm³/mol.